The molecular weight excluding hydrogens is 204 g/mol. The van der Waals surface area contributed by atoms with Crippen molar-refractivity contribution in [3.8, 4) is 0 Å². The van der Waals surface area contributed by atoms with Gasteiger partial charge in [0.05, 0.1) is 11.3 Å². The van der Waals surface area contributed by atoms with Crippen molar-refractivity contribution >= 4 is 11.6 Å². The van der Waals surface area contributed by atoms with Crippen LogP contribution >= 0.6 is 0 Å². The van der Waals surface area contributed by atoms with Crippen LogP contribution in [0.3, 0.4) is 0 Å². The number of carbonyl (C=O) groups excluding carboxylic acids is 1. The summed E-state index contributed by atoms with van der Waals surface area (Å²) in [6.45, 7) is 5.68. The van der Waals surface area contributed by atoms with Crippen molar-refractivity contribution in [3.05, 3.63) is 29.8 Å². The minimum absolute atomic E-state index is 0.144. The summed E-state index contributed by atoms with van der Waals surface area (Å²) in [4.78, 5) is 13.6. The molecule has 1 aromatic carbocycles. The highest BCUT2D eigenvalue weighted by Gasteiger charge is 2.37. The molecule has 4 heteroatoms. The van der Waals surface area contributed by atoms with Gasteiger partial charge in [-0.1, -0.05) is 12.1 Å². The van der Waals surface area contributed by atoms with Crippen molar-refractivity contribution < 1.29 is 9.90 Å². The van der Waals surface area contributed by atoms with E-state index in [4.69, 9.17) is 0 Å². The molecule has 1 unspecified atom stereocenters. The van der Waals surface area contributed by atoms with E-state index in [0.29, 0.717) is 11.3 Å². The van der Waals surface area contributed by atoms with Gasteiger partial charge in [-0.25, -0.2) is 0 Å². The number of hydrogen-bond acceptors (Lipinski definition) is 3. The van der Waals surface area contributed by atoms with E-state index in [1.165, 1.54) is 4.90 Å². The number of anilines is 1. The molecule has 2 N–H and O–H groups in total. The van der Waals surface area contributed by atoms with Crippen molar-refractivity contribution in [1.82, 2.24) is 4.90 Å². The molecule has 0 saturated heterocycles. The third kappa shape index (κ3) is 1.65. The quantitative estimate of drug-likeness (QED) is 0.698. The third-order valence-electron chi connectivity index (χ3n) is 2.63. The molecule has 1 amide bonds. The van der Waals surface area contributed by atoms with E-state index in [1.807, 2.05) is 32.9 Å². The lowest BCUT2D eigenvalue weighted by Gasteiger charge is -2.42. The first-order valence-corrected chi connectivity index (χ1v) is 5.28. The summed E-state index contributed by atoms with van der Waals surface area (Å²) in [5, 5.41) is 12.8. The molecule has 16 heavy (non-hydrogen) atoms. The van der Waals surface area contributed by atoms with Crippen LogP contribution in [0.2, 0.25) is 0 Å². The lowest BCUT2D eigenvalue weighted by molar-refractivity contribution is -0.0199. The Kier molecular flexibility index (Phi) is 2.39. The molecule has 0 saturated carbocycles. The Morgan fingerprint density at radius 2 is 1.94 bits per heavy atom. The predicted molar refractivity (Wildman–Crippen MR) is 62.0 cm³/mol. The average molecular weight is 220 g/mol. The van der Waals surface area contributed by atoms with Crippen LogP contribution in [0.1, 0.15) is 31.1 Å². The minimum Gasteiger partial charge on any atom is -0.356 e. The molecule has 0 aromatic heterocycles. The third-order valence-corrected chi connectivity index (χ3v) is 2.63. The normalized spacial score (nSPS) is 20.4. The van der Waals surface area contributed by atoms with E-state index in [-0.39, 0.29) is 5.91 Å². The van der Waals surface area contributed by atoms with Gasteiger partial charge in [0.25, 0.3) is 5.91 Å². The Bertz CT molecular complexity index is 423. The smallest absolute Gasteiger partial charge is 0.259 e. The average Bonchev–Trinajstić information content (AvgIpc) is 2.15. The van der Waals surface area contributed by atoms with Gasteiger partial charge in [0.1, 0.15) is 0 Å². The molecule has 1 aromatic rings. The van der Waals surface area contributed by atoms with Crippen LogP contribution in [0.15, 0.2) is 24.3 Å². The van der Waals surface area contributed by atoms with Gasteiger partial charge < -0.3 is 10.4 Å². The Balaban J connectivity index is 2.46. The van der Waals surface area contributed by atoms with Crippen LogP contribution < -0.4 is 5.32 Å². The molecule has 0 fully saturated rings. The summed E-state index contributed by atoms with van der Waals surface area (Å²) >= 11 is 0. The van der Waals surface area contributed by atoms with E-state index in [1.54, 1.807) is 12.1 Å². The number of nitrogens with one attached hydrogen (secondary N) is 1. The predicted octanol–water partition coefficient (Wildman–Crippen LogP) is 1.63. The molecule has 86 valence electrons. The molecule has 1 atom stereocenters. The van der Waals surface area contributed by atoms with Crippen LogP contribution in [0.25, 0.3) is 0 Å². The Labute approximate surface area is 94.9 Å². The molecule has 0 aliphatic carbocycles. The van der Waals surface area contributed by atoms with Crippen LogP contribution in [0.5, 0.6) is 0 Å². The lowest BCUT2D eigenvalue weighted by Crippen LogP contribution is -2.57. The fourth-order valence-corrected chi connectivity index (χ4v) is 1.91. The number of fused-ring (bicyclic) bond motifs is 1. The van der Waals surface area contributed by atoms with Crippen LogP contribution in [0.4, 0.5) is 5.69 Å². The zero-order valence-electron chi connectivity index (χ0n) is 9.69. The highest BCUT2D eigenvalue weighted by atomic mass is 16.3. The minimum atomic E-state index is -0.970. The van der Waals surface area contributed by atoms with E-state index < -0.39 is 11.9 Å². The van der Waals surface area contributed by atoms with E-state index >= 15 is 0 Å². The zero-order valence-corrected chi connectivity index (χ0v) is 9.69. The summed E-state index contributed by atoms with van der Waals surface area (Å²) in [6, 6.07) is 7.20. The number of carbonyl (C=O) groups is 1. The molecule has 0 radical (unpaired) electrons. The largest absolute Gasteiger partial charge is 0.356 e. The molecule has 4 nitrogen and oxygen atoms in total. The maximum absolute atomic E-state index is 12.2. The van der Waals surface area contributed by atoms with Gasteiger partial charge in [-0.15, -0.1) is 0 Å². The zero-order chi connectivity index (χ0) is 11.9. The number of aliphatic hydroxyl groups excluding tert-OH is 1. The topological polar surface area (TPSA) is 52.6 Å². The fourth-order valence-electron chi connectivity index (χ4n) is 1.91. The first-order chi connectivity index (χ1) is 7.41. The fraction of sp³-hybridized carbons (Fsp3) is 0.417. The molecule has 1 aliphatic heterocycles. The highest BCUT2D eigenvalue weighted by Crippen LogP contribution is 2.28. The second kappa shape index (κ2) is 3.49. The summed E-state index contributed by atoms with van der Waals surface area (Å²) in [5.74, 6) is -0.144. The number of aliphatic hydroxyl groups is 1. The van der Waals surface area contributed by atoms with Crippen LogP contribution in [0, 0.1) is 0 Å². The van der Waals surface area contributed by atoms with Crippen molar-refractivity contribution in [1.29, 1.82) is 0 Å². The molecule has 1 heterocycles. The second-order valence-electron chi connectivity index (χ2n) is 4.91. The standard InChI is InChI=1S/C12H16N2O2/c1-12(2,3)14-10(15)8-6-4-5-7-9(8)13-11(14)16/h4-7,11,13,16H,1-3H3. The van der Waals surface area contributed by atoms with Gasteiger partial charge in [-0.3, -0.25) is 9.69 Å². The summed E-state index contributed by atoms with van der Waals surface area (Å²) < 4.78 is 0. The van der Waals surface area contributed by atoms with E-state index in [0.717, 1.165) is 0 Å². The molecule has 2 rings (SSSR count). The number of rotatable bonds is 0. The monoisotopic (exact) mass is 220 g/mol. The SMILES string of the molecule is CC(C)(C)N1C(=O)c2ccccc2NC1O. The Morgan fingerprint density at radius 3 is 2.56 bits per heavy atom. The van der Waals surface area contributed by atoms with Gasteiger partial charge in [0, 0.05) is 5.54 Å². The van der Waals surface area contributed by atoms with Gasteiger partial charge in [0.15, 0.2) is 0 Å². The number of para-hydroxylation sites is 1. The summed E-state index contributed by atoms with van der Waals surface area (Å²) in [5.41, 5.74) is 0.861. The first kappa shape index (κ1) is 11.0. The van der Waals surface area contributed by atoms with Gasteiger partial charge in [-0.2, -0.15) is 0 Å². The van der Waals surface area contributed by atoms with Gasteiger partial charge >= 0.3 is 0 Å². The van der Waals surface area contributed by atoms with Crippen LogP contribution in [-0.4, -0.2) is 27.8 Å². The molecular formula is C12H16N2O2. The molecule has 0 bridgehead atoms. The molecule has 0 spiro atoms. The Morgan fingerprint density at radius 1 is 1.31 bits per heavy atom. The maximum Gasteiger partial charge on any atom is 0.259 e. The van der Waals surface area contributed by atoms with Crippen molar-refractivity contribution in [2.45, 2.75) is 32.7 Å². The number of benzene rings is 1. The van der Waals surface area contributed by atoms with E-state index in [9.17, 15) is 9.90 Å². The van der Waals surface area contributed by atoms with E-state index in [2.05, 4.69) is 5.32 Å². The Hall–Kier alpha value is -1.55. The van der Waals surface area contributed by atoms with Crippen LogP contribution in [-0.2, 0) is 0 Å². The van der Waals surface area contributed by atoms with Crippen molar-refractivity contribution in [2.24, 2.45) is 0 Å². The second-order valence-corrected chi connectivity index (χ2v) is 4.91. The number of nitrogens with zero attached hydrogens (tertiary/aromatic N) is 1. The maximum atomic E-state index is 12.2. The van der Waals surface area contributed by atoms with Crippen molar-refractivity contribution in [3.63, 3.8) is 0 Å². The lowest BCUT2D eigenvalue weighted by atomic mass is 10.0. The number of amides is 1. The first-order valence-electron chi connectivity index (χ1n) is 5.28. The van der Waals surface area contributed by atoms with Crippen molar-refractivity contribution in [2.75, 3.05) is 5.32 Å². The number of hydrogen-bond donors (Lipinski definition) is 2. The summed E-state index contributed by atoms with van der Waals surface area (Å²) in [6.07, 6.45) is -0.970. The van der Waals surface area contributed by atoms with Gasteiger partial charge in [-0.05, 0) is 32.9 Å². The summed E-state index contributed by atoms with van der Waals surface area (Å²) in [7, 11) is 0. The molecule has 1 aliphatic rings. The highest BCUT2D eigenvalue weighted by molar-refractivity contribution is 6.01. The van der Waals surface area contributed by atoms with Gasteiger partial charge in [0.2, 0.25) is 6.35 Å².